The van der Waals surface area contributed by atoms with Crippen molar-refractivity contribution in [2.75, 3.05) is 12.4 Å². The second-order valence-electron chi connectivity index (χ2n) is 5.98. The molecule has 1 aromatic carbocycles. The van der Waals surface area contributed by atoms with Crippen molar-refractivity contribution in [1.82, 2.24) is 14.8 Å². The number of carbonyl (C=O) groups is 1. The van der Waals surface area contributed by atoms with Crippen LogP contribution in [0.3, 0.4) is 0 Å². The molecule has 1 aromatic heterocycles. The summed E-state index contributed by atoms with van der Waals surface area (Å²) in [5.74, 6) is 0.259. The molecule has 0 saturated heterocycles. The smallest absolute Gasteiger partial charge is 0.317 e. The lowest BCUT2D eigenvalue weighted by atomic mass is 9.89. The molecule has 132 valence electrons. The number of halogens is 1. The predicted octanol–water partition coefficient (Wildman–Crippen LogP) is 3.15. The van der Waals surface area contributed by atoms with E-state index in [2.05, 4.69) is 37.9 Å². The number of carbonyl (C=O) groups excluding carboxylic acids is 1. The van der Waals surface area contributed by atoms with Gasteiger partial charge in [0.05, 0.1) is 23.7 Å². The van der Waals surface area contributed by atoms with Crippen molar-refractivity contribution < 1.29 is 14.3 Å². The lowest BCUT2D eigenvalue weighted by Crippen LogP contribution is -2.38. The number of fused-ring (bicyclic) bond motifs is 1. The van der Waals surface area contributed by atoms with Crippen LogP contribution in [0.25, 0.3) is 0 Å². The van der Waals surface area contributed by atoms with Gasteiger partial charge in [0, 0.05) is 5.70 Å². The van der Waals surface area contributed by atoms with Crippen molar-refractivity contribution in [3.63, 3.8) is 0 Å². The predicted molar refractivity (Wildman–Crippen MR) is 96.3 cm³/mol. The van der Waals surface area contributed by atoms with Crippen LogP contribution >= 0.6 is 15.9 Å². The summed E-state index contributed by atoms with van der Waals surface area (Å²) in [6, 6.07) is 5.22. The number of methoxy groups -OCH3 is 1. The van der Waals surface area contributed by atoms with Crippen molar-refractivity contribution in [2.24, 2.45) is 5.92 Å². The quantitative estimate of drug-likeness (QED) is 0.785. The number of nitrogens with one attached hydrogen (secondary N) is 1. The third-order valence-corrected chi connectivity index (χ3v) is 4.54. The Morgan fingerprint density at radius 2 is 2.20 bits per heavy atom. The Hall–Kier alpha value is -2.35. The van der Waals surface area contributed by atoms with E-state index in [9.17, 15) is 4.79 Å². The van der Waals surface area contributed by atoms with Crippen LogP contribution in [0.2, 0.25) is 0 Å². The summed E-state index contributed by atoms with van der Waals surface area (Å²) < 4.78 is 13.2. The van der Waals surface area contributed by atoms with E-state index >= 15 is 0 Å². The number of ether oxygens (including phenoxy) is 2. The molecule has 7 nitrogen and oxygen atoms in total. The van der Waals surface area contributed by atoms with Gasteiger partial charge in [-0.1, -0.05) is 12.6 Å². The zero-order valence-corrected chi connectivity index (χ0v) is 15.8. The van der Waals surface area contributed by atoms with Gasteiger partial charge in [0.1, 0.15) is 18.0 Å². The van der Waals surface area contributed by atoms with E-state index in [1.165, 1.54) is 6.33 Å². The largest absolute Gasteiger partial charge is 0.496 e. The van der Waals surface area contributed by atoms with Gasteiger partial charge in [-0.15, -0.1) is 0 Å². The average Bonchev–Trinajstić information content (AvgIpc) is 3.00. The third kappa shape index (κ3) is 3.26. The highest BCUT2D eigenvalue weighted by molar-refractivity contribution is 9.10. The highest BCUT2D eigenvalue weighted by Gasteiger charge is 2.41. The van der Waals surface area contributed by atoms with E-state index in [1.807, 2.05) is 32.0 Å². The molecule has 2 atom stereocenters. The molecular weight excluding hydrogens is 388 g/mol. The maximum absolute atomic E-state index is 12.7. The zero-order valence-electron chi connectivity index (χ0n) is 14.2. The average molecular weight is 407 g/mol. The molecule has 1 aliphatic heterocycles. The number of nitrogens with zero attached hydrogens (tertiary/aromatic N) is 3. The van der Waals surface area contributed by atoms with Crippen LogP contribution in [0.1, 0.15) is 25.5 Å². The first-order valence-electron chi connectivity index (χ1n) is 7.81. The molecule has 0 aliphatic carbocycles. The lowest BCUT2D eigenvalue weighted by Gasteiger charge is -2.33. The van der Waals surface area contributed by atoms with Crippen LogP contribution in [0.5, 0.6) is 5.75 Å². The molecule has 2 aromatic rings. The van der Waals surface area contributed by atoms with Gasteiger partial charge in [0.25, 0.3) is 0 Å². The molecule has 8 heteroatoms. The Kier molecular flexibility index (Phi) is 4.80. The van der Waals surface area contributed by atoms with Gasteiger partial charge in [-0.3, -0.25) is 4.79 Å². The second-order valence-corrected chi connectivity index (χ2v) is 6.83. The molecule has 3 rings (SSSR count). The van der Waals surface area contributed by atoms with Crippen LogP contribution in [0, 0.1) is 5.92 Å². The molecule has 0 amide bonds. The van der Waals surface area contributed by atoms with E-state index in [0.29, 0.717) is 17.4 Å². The summed E-state index contributed by atoms with van der Waals surface area (Å²) in [4.78, 5) is 16.9. The first-order valence-corrected chi connectivity index (χ1v) is 8.61. The fourth-order valence-corrected chi connectivity index (χ4v) is 3.43. The Balaban J connectivity index is 2.09. The minimum absolute atomic E-state index is 0.222. The minimum Gasteiger partial charge on any atom is -0.496 e. The molecule has 0 spiro atoms. The van der Waals surface area contributed by atoms with Gasteiger partial charge >= 0.3 is 5.97 Å². The summed E-state index contributed by atoms with van der Waals surface area (Å²) in [6.45, 7) is 7.64. The van der Waals surface area contributed by atoms with Crippen LogP contribution < -0.4 is 10.1 Å². The Morgan fingerprint density at radius 3 is 2.84 bits per heavy atom. The topological polar surface area (TPSA) is 78.3 Å². The molecule has 0 fully saturated rings. The summed E-state index contributed by atoms with van der Waals surface area (Å²) in [7, 11) is 1.60. The monoisotopic (exact) mass is 406 g/mol. The van der Waals surface area contributed by atoms with Crippen molar-refractivity contribution in [3.8, 4) is 5.75 Å². The van der Waals surface area contributed by atoms with Gasteiger partial charge in [-0.25, -0.2) is 4.68 Å². The summed E-state index contributed by atoms with van der Waals surface area (Å²) in [5, 5.41) is 7.32. The number of esters is 1. The van der Waals surface area contributed by atoms with Crippen LogP contribution in [0.15, 0.2) is 41.3 Å². The SMILES string of the molecule is C=C1Nc2ncnn2[C@H](c2ccc(OC)c(Br)c2)[C@H]1C(=O)OC(C)C. The third-order valence-electron chi connectivity index (χ3n) is 3.92. The van der Waals surface area contributed by atoms with Gasteiger partial charge in [0.2, 0.25) is 5.95 Å². The molecule has 0 bridgehead atoms. The normalized spacial score (nSPS) is 19.3. The Labute approximate surface area is 154 Å². The number of rotatable bonds is 4. The van der Waals surface area contributed by atoms with Gasteiger partial charge in [-0.05, 0) is 47.5 Å². The summed E-state index contributed by atoms with van der Waals surface area (Å²) in [5.41, 5.74) is 1.40. The molecule has 25 heavy (non-hydrogen) atoms. The van der Waals surface area contributed by atoms with Crippen molar-refractivity contribution in [3.05, 3.63) is 46.8 Å². The van der Waals surface area contributed by atoms with Crippen LogP contribution in [-0.2, 0) is 9.53 Å². The summed E-state index contributed by atoms with van der Waals surface area (Å²) >= 11 is 3.49. The highest BCUT2D eigenvalue weighted by Crippen LogP contribution is 2.40. The zero-order chi connectivity index (χ0) is 18.1. The summed E-state index contributed by atoms with van der Waals surface area (Å²) in [6.07, 6.45) is 1.22. The maximum atomic E-state index is 12.7. The fourth-order valence-electron chi connectivity index (χ4n) is 2.87. The molecule has 2 heterocycles. The number of hydrogen-bond donors (Lipinski definition) is 1. The van der Waals surface area contributed by atoms with Gasteiger partial charge in [-0.2, -0.15) is 10.1 Å². The Morgan fingerprint density at radius 1 is 1.44 bits per heavy atom. The maximum Gasteiger partial charge on any atom is 0.317 e. The molecule has 0 radical (unpaired) electrons. The first-order chi connectivity index (χ1) is 11.9. The van der Waals surface area contributed by atoms with Crippen LogP contribution in [-0.4, -0.2) is 33.9 Å². The molecule has 1 N–H and O–H groups in total. The van der Waals surface area contributed by atoms with Gasteiger partial charge < -0.3 is 14.8 Å². The number of hydrogen-bond acceptors (Lipinski definition) is 6. The molecular formula is C17H19BrN4O3. The second kappa shape index (κ2) is 6.87. The van der Waals surface area contributed by atoms with Crippen molar-refractivity contribution in [2.45, 2.75) is 26.0 Å². The van der Waals surface area contributed by atoms with Crippen molar-refractivity contribution >= 4 is 27.8 Å². The van der Waals surface area contributed by atoms with E-state index in [-0.39, 0.29) is 12.1 Å². The lowest BCUT2D eigenvalue weighted by molar-refractivity contribution is -0.152. The van der Waals surface area contributed by atoms with E-state index in [0.717, 1.165) is 10.0 Å². The van der Waals surface area contributed by atoms with Crippen molar-refractivity contribution in [1.29, 1.82) is 0 Å². The van der Waals surface area contributed by atoms with Crippen LogP contribution in [0.4, 0.5) is 5.95 Å². The highest BCUT2D eigenvalue weighted by atomic mass is 79.9. The standard InChI is InChI=1S/C17H19BrN4O3/c1-9(2)25-16(23)14-10(3)21-17-19-8-20-22(17)15(14)11-5-6-13(24-4)12(18)7-11/h5-9,14-15H,3H2,1-2,4H3,(H,19,20,21)/t14-,15+/m0/s1. The molecule has 0 saturated carbocycles. The van der Waals surface area contributed by atoms with Gasteiger partial charge in [0.15, 0.2) is 0 Å². The number of benzene rings is 1. The number of anilines is 1. The first kappa shape index (κ1) is 17.5. The number of aromatic nitrogens is 3. The van der Waals surface area contributed by atoms with E-state index in [1.54, 1.807) is 11.8 Å². The minimum atomic E-state index is -0.628. The fraction of sp³-hybridized carbons (Fsp3) is 0.353. The van der Waals surface area contributed by atoms with E-state index in [4.69, 9.17) is 9.47 Å². The van der Waals surface area contributed by atoms with E-state index < -0.39 is 12.0 Å². The molecule has 0 unspecified atom stereocenters. The molecule has 1 aliphatic rings. The Bertz CT molecular complexity index is 818.